The third kappa shape index (κ3) is 4.55. The third-order valence-electron chi connectivity index (χ3n) is 2.23. The van der Waals surface area contributed by atoms with Crippen LogP contribution >= 0.6 is 0 Å². The zero-order valence-electron chi connectivity index (χ0n) is 10.5. The van der Waals surface area contributed by atoms with E-state index in [9.17, 15) is 9.59 Å². The lowest BCUT2D eigenvalue weighted by Crippen LogP contribution is -2.38. The number of para-hydroxylation sites is 1. The van der Waals surface area contributed by atoms with Gasteiger partial charge in [-0.05, 0) is 19.1 Å². The molecular weight excluding hydrogens is 234 g/mol. The maximum Gasteiger partial charge on any atom is 0.258 e. The molecule has 1 aromatic rings. The van der Waals surface area contributed by atoms with Crippen molar-refractivity contribution in [2.45, 2.75) is 13.0 Å². The van der Waals surface area contributed by atoms with Gasteiger partial charge in [0.05, 0.1) is 12.2 Å². The minimum atomic E-state index is -0.250. The smallest absolute Gasteiger partial charge is 0.258 e. The first-order valence-electron chi connectivity index (χ1n) is 5.62. The molecule has 1 atom stereocenters. The highest BCUT2D eigenvalue weighted by molar-refractivity contribution is 5.80. The van der Waals surface area contributed by atoms with Gasteiger partial charge in [0.25, 0.3) is 5.91 Å². The summed E-state index contributed by atoms with van der Waals surface area (Å²) in [6.45, 7) is 2.15. The summed E-state index contributed by atoms with van der Waals surface area (Å²) in [6.07, 6.45) is 0.695. The molecule has 0 aromatic heterocycles. The van der Waals surface area contributed by atoms with Gasteiger partial charge in [-0.25, -0.2) is 0 Å². The molecule has 0 spiro atoms. The van der Waals surface area contributed by atoms with E-state index >= 15 is 0 Å². The Morgan fingerprint density at radius 2 is 2.17 bits per heavy atom. The number of rotatable bonds is 7. The predicted octanol–water partition coefficient (Wildman–Crippen LogP) is 1.03. The number of carbonyl (C=O) groups excluding carboxylic acids is 2. The van der Waals surface area contributed by atoms with Gasteiger partial charge in [0.1, 0.15) is 5.75 Å². The predicted molar refractivity (Wildman–Crippen MR) is 66.8 cm³/mol. The van der Waals surface area contributed by atoms with Crippen LogP contribution in [0.2, 0.25) is 0 Å². The Kier molecular flexibility index (Phi) is 5.87. The van der Waals surface area contributed by atoms with Crippen molar-refractivity contribution in [3.63, 3.8) is 0 Å². The zero-order chi connectivity index (χ0) is 13.4. The Morgan fingerprint density at radius 1 is 1.44 bits per heavy atom. The molecule has 0 bridgehead atoms. The normalized spacial score (nSPS) is 11.7. The summed E-state index contributed by atoms with van der Waals surface area (Å²) in [5.74, 6) is 0.155. The molecule has 98 valence electrons. The summed E-state index contributed by atoms with van der Waals surface area (Å²) in [4.78, 5) is 22.3. The molecule has 18 heavy (non-hydrogen) atoms. The number of amides is 1. The van der Waals surface area contributed by atoms with Crippen molar-refractivity contribution >= 4 is 12.2 Å². The van der Waals surface area contributed by atoms with Gasteiger partial charge in [-0.2, -0.15) is 0 Å². The largest absolute Gasteiger partial charge is 0.483 e. The first-order chi connectivity index (χ1) is 8.67. The first-order valence-corrected chi connectivity index (χ1v) is 5.62. The second kappa shape index (κ2) is 7.45. The highest BCUT2D eigenvalue weighted by Crippen LogP contribution is 2.15. The van der Waals surface area contributed by atoms with Gasteiger partial charge in [0.15, 0.2) is 12.9 Å². The van der Waals surface area contributed by atoms with Crippen LogP contribution in [0.3, 0.4) is 0 Å². The lowest BCUT2D eigenvalue weighted by atomic mass is 10.2. The van der Waals surface area contributed by atoms with Crippen LogP contribution in [0.15, 0.2) is 24.3 Å². The lowest BCUT2D eigenvalue weighted by molar-refractivity contribution is -0.124. The maximum atomic E-state index is 11.5. The quantitative estimate of drug-likeness (QED) is 0.735. The van der Waals surface area contributed by atoms with E-state index in [1.165, 1.54) is 0 Å². The minimum absolute atomic E-state index is 0.0765. The summed E-state index contributed by atoms with van der Waals surface area (Å²) in [7, 11) is 1.57. The fourth-order valence-electron chi connectivity index (χ4n) is 1.46. The maximum absolute atomic E-state index is 11.5. The van der Waals surface area contributed by atoms with Crippen LogP contribution in [0.4, 0.5) is 0 Å². The summed E-state index contributed by atoms with van der Waals surface area (Å²) >= 11 is 0. The van der Waals surface area contributed by atoms with E-state index < -0.39 is 0 Å². The van der Waals surface area contributed by atoms with E-state index in [4.69, 9.17) is 9.47 Å². The molecule has 1 rings (SSSR count). The summed E-state index contributed by atoms with van der Waals surface area (Å²) in [6, 6.07) is 6.68. The molecule has 1 amide bonds. The molecule has 0 aliphatic heterocycles. The van der Waals surface area contributed by atoms with Crippen LogP contribution in [0.1, 0.15) is 17.3 Å². The van der Waals surface area contributed by atoms with Gasteiger partial charge in [-0.15, -0.1) is 0 Å². The fraction of sp³-hybridized carbons (Fsp3) is 0.385. The molecule has 0 radical (unpaired) electrons. The molecule has 0 fully saturated rings. The second-order valence-electron chi connectivity index (χ2n) is 3.87. The van der Waals surface area contributed by atoms with Gasteiger partial charge >= 0.3 is 0 Å². The SMILES string of the molecule is COCC(C)NC(=O)COc1ccccc1C=O. The fourth-order valence-corrected chi connectivity index (χ4v) is 1.46. The molecule has 1 aromatic carbocycles. The van der Waals surface area contributed by atoms with Gasteiger partial charge in [0, 0.05) is 13.2 Å². The van der Waals surface area contributed by atoms with Crippen molar-refractivity contribution in [1.82, 2.24) is 5.32 Å². The molecule has 1 unspecified atom stereocenters. The molecule has 0 saturated carbocycles. The van der Waals surface area contributed by atoms with Crippen LogP contribution in [0.5, 0.6) is 5.75 Å². The van der Waals surface area contributed by atoms with Crippen molar-refractivity contribution in [2.75, 3.05) is 20.3 Å². The van der Waals surface area contributed by atoms with Crippen LogP contribution in [-0.2, 0) is 9.53 Å². The van der Waals surface area contributed by atoms with E-state index in [0.717, 1.165) is 0 Å². The van der Waals surface area contributed by atoms with Crippen LogP contribution < -0.4 is 10.1 Å². The van der Waals surface area contributed by atoms with E-state index in [2.05, 4.69) is 5.32 Å². The molecule has 0 heterocycles. The second-order valence-corrected chi connectivity index (χ2v) is 3.87. The minimum Gasteiger partial charge on any atom is -0.483 e. The van der Waals surface area contributed by atoms with Crippen LogP contribution in [0.25, 0.3) is 0 Å². The number of aldehydes is 1. The van der Waals surface area contributed by atoms with Gasteiger partial charge < -0.3 is 14.8 Å². The Labute approximate surface area is 106 Å². The van der Waals surface area contributed by atoms with Crippen molar-refractivity contribution in [2.24, 2.45) is 0 Å². The number of methoxy groups -OCH3 is 1. The summed E-state index contributed by atoms with van der Waals surface area (Å²) < 4.78 is 10.2. The number of carbonyl (C=O) groups is 2. The van der Waals surface area contributed by atoms with Crippen molar-refractivity contribution in [3.05, 3.63) is 29.8 Å². The van der Waals surface area contributed by atoms with Crippen molar-refractivity contribution in [1.29, 1.82) is 0 Å². The number of ether oxygens (including phenoxy) is 2. The average molecular weight is 251 g/mol. The molecule has 1 N–H and O–H groups in total. The molecular formula is C13H17NO4. The zero-order valence-corrected chi connectivity index (χ0v) is 10.5. The van der Waals surface area contributed by atoms with Crippen LogP contribution in [-0.4, -0.2) is 38.6 Å². The van der Waals surface area contributed by atoms with E-state index in [1.54, 1.807) is 31.4 Å². The Morgan fingerprint density at radius 3 is 2.83 bits per heavy atom. The standard InChI is InChI=1S/C13H17NO4/c1-10(8-17-2)14-13(16)9-18-12-6-4-3-5-11(12)7-15/h3-7,10H,8-9H2,1-2H3,(H,14,16). The summed E-state index contributed by atoms with van der Waals surface area (Å²) in [5.41, 5.74) is 0.426. The van der Waals surface area contributed by atoms with Gasteiger partial charge in [0.2, 0.25) is 0 Å². The Hall–Kier alpha value is -1.88. The monoisotopic (exact) mass is 251 g/mol. The number of benzene rings is 1. The first kappa shape index (κ1) is 14.2. The highest BCUT2D eigenvalue weighted by atomic mass is 16.5. The third-order valence-corrected chi connectivity index (χ3v) is 2.23. The molecule has 0 aliphatic carbocycles. The number of hydrogen-bond donors (Lipinski definition) is 1. The lowest BCUT2D eigenvalue weighted by Gasteiger charge is -2.13. The molecule has 5 heteroatoms. The molecule has 0 saturated heterocycles. The van der Waals surface area contributed by atoms with Crippen molar-refractivity contribution < 1.29 is 19.1 Å². The number of hydrogen-bond acceptors (Lipinski definition) is 4. The Bertz CT molecular complexity index is 406. The topological polar surface area (TPSA) is 64.6 Å². The molecule has 0 aliphatic rings. The van der Waals surface area contributed by atoms with E-state index in [-0.39, 0.29) is 18.6 Å². The van der Waals surface area contributed by atoms with E-state index in [0.29, 0.717) is 24.2 Å². The van der Waals surface area contributed by atoms with Crippen molar-refractivity contribution in [3.8, 4) is 5.75 Å². The van der Waals surface area contributed by atoms with Gasteiger partial charge in [-0.3, -0.25) is 9.59 Å². The van der Waals surface area contributed by atoms with Crippen LogP contribution in [0, 0.1) is 0 Å². The average Bonchev–Trinajstić information content (AvgIpc) is 2.37. The molecule has 5 nitrogen and oxygen atoms in total. The van der Waals surface area contributed by atoms with E-state index in [1.807, 2.05) is 6.92 Å². The number of nitrogens with one attached hydrogen (secondary N) is 1. The Balaban J connectivity index is 2.45. The van der Waals surface area contributed by atoms with Gasteiger partial charge in [-0.1, -0.05) is 12.1 Å². The summed E-state index contributed by atoms with van der Waals surface area (Å²) in [5, 5.41) is 2.71. The highest BCUT2D eigenvalue weighted by Gasteiger charge is 2.09.